The molecular weight excluding hydrogens is 132 g/mol. The van der Waals surface area contributed by atoms with Gasteiger partial charge in [0.2, 0.25) is 0 Å². The van der Waals surface area contributed by atoms with Crippen LogP contribution >= 0.6 is 0 Å². The molecule has 1 rings (SSSR count). The summed E-state index contributed by atoms with van der Waals surface area (Å²) in [6, 6.07) is 0. The first-order valence-electron chi connectivity index (χ1n) is 5.15. The highest BCUT2D eigenvalue weighted by Gasteiger charge is 1.75. The van der Waals surface area contributed by atoms with Gasteiger partial charge in [0.1, 0.15) is 0 Å². The largest absolute Gasteiger partial charge is 0.0844 e. The Morgan fingerprint density at radius 1 is 0.545 bits per heavy atom. The van der Waals surface area contributed by atoms with E-state index in [1.165, 1.54) is 6.42 Å². The van der Waals surface area contributed by atoms with Crippen molar-refractivity contribution in [2.75, 3.05) is 0 Å². The molecule has 0 atom stereocenters. The lowest BCUT2D eigenvalue weighted by Gasteiger charge is -1.15. The van der Waals surface area contributed by atoms with Gasteiger partial charge in [-0.05, 0) is 6.42 Å². The summed E-state index contributed by atoms with van der Waals surface area (Å²) in [5.74, 6) is 0. The molecule has 0 saturated heterocycles. The second kappa shape index (κ2) is 99.1. The predicted molar refractivity (Wildman–Crippen MR) is 59.1 cm³/mol. The van der Waals surface area contributed by atoms with E-state index in [-0.39, 0.29) is 0 Å². The predicted octanol–water partition coefficient (Wildman–Crippen LogP) is 5.05. The van der Waals surface area contributed by atoms with Gasteiger partial charge >= 0.3 is 0 Å². The van der Waals surface area contributed by atoms with Crippen molar-refractivity contribution in [1.29, 1.82) is 0 Å². The summed E-state index contributed by atoms with van der Waals surface area (Å²) < 4.78 is 0. The summed E-state index contributed by atoms with van der Waals surface area (Å²) >= 11 is 0. The highest BCUT2D eigenvalue weighted by molar-refractivity contribution is 5.02. The second-order valence-electron chi connectivity index (χ2n) is 0.707. The second-order valence-corrected chi connectivity index (χ2v) is 0.707. The third kappa shape index (κ3) is 1070. The van der Waals surface area contributed by atoms with Gasteiger partial charge in [0.05, 0.1) is 0 Å². The van der Waals surface area contributed by atoms with Crippen LogP contribution in [0.1, 0.15) is 61.8 Å². The molecule has 11 heavy (non-hydrogen) atoms. The van der Waals surface area contributed by atoms with Crippen molar-refractivity contribution in [1.82, 2.24) is 0 Å². The SMILES string of the molecule is C1=CC1.CC.CC.CC.CC. The van der Waals surface area contributed by atoms with E-state index in [1.54, 1.807) is 0 Å². The van der Waals surface area contributed by atoms with Gasteiger partial charge < -0.3 is 0 Å². The van der Waals surface area contributed by atoms with E-state index < -0.39 is 0 Å². The molecule has 0 aromatic carbocycles. The van der Waals surface area contributed by atoms with Crippen molar-refractivity contribution in [3.63, 3.8) is 0 Å². The maximum atomic E-state index is 2.12. The van der Waals surface area contributed by atoms with Crippen LogP contribution in [-0.2, 0) is 0 Å². The average molecular weight is 160 g/mol. The summed E-state index contributed by atoms with van der Waals surface area (Å²) in [5.41, 5.74) is 0. The molecule has 0 amide bonds. The summed E-state index contributed by atoms with van der Waals surface area (Å²) in [7, 11) is 0. The molecule has 0 heteroatoms. The zero-order chi connectivity index (χ0) is 10.1. The first kappa shape index (κ1) is 22.4. The van der Waals surface area contributed by atoms with Crippen LogP contribution in [0.2, 0.25) is 0 Å². The normalized spacial score (nSPS) is 7.27. The van der Waals surface area contributed by atoms with Gasteiger partial charge in [-0.1, -0.05) is 67.5 Å². The van der Waals surface area contributed by atoms with Crippen LogP contribution in [0.4, 0.5) is 0 Å². The minimum absolute atomic E-state index is 1.25. The third-order valence-corrected chi connectivity index (χ3v) is 0.236. The van der Waals surface area contributed by atoms with E-state index >= 15 is 0 Å². The van der Waals surface area contributed by atoms with Crippen LogP contribution in [-0.4, -0.2) is 0 Å². The van der Waals surface area contributed by atoms with E-state index in [1.807, 2.05) is 55.4 Å². The Hall–Kier alpha value is -0.260. The third-order valence-electron chi connectivity index (χ3n) is 0.236. The Kier molecular flexibility index (Phi) is 202. The molecule has 72 valence electrons. The highest BCUT2D eigenvalue weighted by Crippen LogP contribution is 1.96. The molecule has 0 nitrogen and oxygen atoms in total. The molecule has 0 aliphatic heterocycles. The summed E-state index contributed by atoms with van der Waals surface area (Å²) in [6.45, 7) is 16.0. The quantitative estimate of drug-likeness (QED) is 0.435. The Morgan fingerprint density at radius 2 is 0.636 bits per heavy atom. The van der Waals surface area contributed by atoms with Crippen LogP contribution in [0.3, 0.4) is 0 Å². The number of hydrogen-bond acceptors (Lipinski definition) is 0. The maximum absolute atomic E-state index is 2.12. The topological polar surface area (TPSA) is 0 Å². The molecule has 0 radical (unpaired) electrons. The monoisotopic (exact) mass is 160 g/mol. The lowest BCUT2D eigenvalue weighted by Crippen LogP contribution is -0.956. The lowest BCUT2D eigenvalue weighted by molar-refractivity contribution is 1.50. The van der Waals surface area contributed by atoms with Gasteiger partial charge in [0.25, 0.3) is 0 Å². The van der Waals surface area contributed by atoms with Gasteiger partial charge in [-0.2, -0.15) is 0 Å². The minimum atomic E-state index is 1.25. The van der Waals surface area contributed by atoms with Crippen molar-refractivity contribution in [3.8, 4) is 0 Å². The van der Waals surface area contributed by atoms with Crippen molar-refractivity contribution in [2.24, 2.45) is 0 Å². The van der Waals surface area contributed by atoms with E-state index in [0.29, 0.717) is 0 Å². The molecule has 0 heterocycles. The van der Waals surface area contributed by atoms with E-state index in [9.17, 15) is 0 Å². The first-order chi connectivity index (χ1) is 5.50. The number of rotatable bonds is 0. The van der Waals surface area contributed by atoms with Crippen LogP contribution in [0.15, 0.2) is 12.2 Å². The Morgan fingerprint density at radius 3 is 0.636 bits per heavy atom. The fraction of sp³-hybridized carbons (Fsp3) is 0.818. The van der Waals surface area contributed by atoms with Crippen molar-refractivity contribution in [3.05, 3.63) is 12.2 Å². The molecule has 0 unspecified atom stereocenters. The smallest absolute Gasteiger partial charge is 0.0169 e. The minimum Gasteiger partial charge on any atom is -0.0844 e. The summed E-state index contributed by atoms with van der Waals surface area (Å²) in [6.07, 6.45) is 5.50. The van der Waals surface area contributed by atoms with Crippen LogP contribution in [0, 0.1) is 0 Å². The molecule has 0 N–H and O–H groups in total. The Labute approximate surface area is 74.7 Å². The Balaban J connectivity index is -0.0000000287. The van der Waals surface area contributed by atoms with Gasteiger partial charge in [-0.3, -0.25) is 0 Å². The molecule has 0 saturated carbocycles. The molecule has 0 fully saturated rings. The van der Waals surface area contributed by atoms with Gasteiger partial charge in [0, 0.05) is 0 Å². The standard InChI is InChI=1S/C3H4.4C2H6/c1-2-3-1;4*1-2/h1-2H,3H2;4*1-2H3. The zero-order valence-corrected chi connectivity index (χ0v) is 9.86. The molecule has 0 aromatic rings. The van der Waals surface area contributed by atoms with E-state index in [2.05, 4.69) is 12.2 Å². The molecule has 1 aliphatic rings. The van der Waals surface area contributed by atoms with Gasteiger partial charge in [-0.25, -0.2) is 0 Å². The fourth-order valence-electron chi connectivity index (χ4n) is 0. The Bertz CT molecular complexity index is 23.0. The summed E-state index contributed by atoms with van der Waals surface area (Å²) in [5, 5.41) is 0. The van der Waals surface area contributed by atoms with Crippen LogP contribution in [0.25, 0.3) is 0 Å². The number of hydrogen-bond donors (Lipinski definition) is 0. The fourth-order valence-corrected chi connectivity index (χ4v) is 0. The lowest BCUT2D eigenvalue weighted by atomic mass is 10.9. The van der Waals surface area contributed by atoms with E-state index in [4.69, 9.17) is 0 Å². The first-order valence-corrected chi connectivity index (χ1v) is 5.15. The molecule has 1 aliphatic carbocycles. The molecule has 0 spiro atoms. The maximum Gasteiger partial charge on any atom is -0.0169 e. The number of allylic oxidation sites excluding steroid dienone is 2. The van der Waals surface area contributed by atoms with Crippen molar-refractivity contribution in [2.45, 2.75) is 61.8 Å². The van der Waals surface area contributed by atoms with Crippen molar-refractivity contribution >= 4 is 0 Å². The zero-order valence-electron chi connectivity index (χ0n) is 9.86. The van der Waals surface area contributed by atoms with Crippen LogP contribution < -0.4 is 0 Å². The average Bonchev–Trinajstić information content (AvgIpc) is 3.04. The molecule has 0 bridgehead atoms. The van der Waals surface area contributed by atoms with Gasteiger partial charge in [-0.15, -0.1) is 0 Å². The van der Waals surface area contributed by atoms with Gasteiger partial charge in [0.15, 0.2) is 0 Å². The summed E-state index contributed by atoms with van der Waals surface area (Å²) in [4.78, 5) is 0. The van der Waals surface area contributed by atoms with Crippen LogP contribution in [0.5, 0.6) is 0 Å². The molecule has 0 aromatic heterocycles. The highest BCUT2D eigenvalue weighted by atomic mass is 13.8. The van der Waals surface area contributed by atoms with Crippen molar-refractivity contribution < 1.29 is 0 Å². The molecular formula is C11H28. The van der Waals surface area contributed by atoms with E-state index in [0.717, 1.165) is 0 Å².